The maximum Gasteiger partial charge on any atom is 0.360 e. The first-order chi connectivity index (χ1) is 7.03. The summed E-state index contributed by atoms with van der Waals surface area (Å²) in [4.78, 5) is 15.5. The highest BCUT2D eigenvalue weighted by molar-refractivity contribution is 5.92. The number of pyridine rings is 1. The fraction of sp³-hybridized carbons (Fsp3) is 0.455. The molecule has 1 unspecified atom stereocenters. The molecule has 2 heterocycles. The van der Waals surface area contributed by atoms with Crippen LogP contribution in [-0.4, -0.2) is 17.1 Å². The van der Waals surface area contributed by atoms with Crippen molar-refractivity contribution in [2.24, 2.45) is 0 Å². The van der Waals surface area contributed by atoms with Crippen molar-refractivity contribution < 1.29 is 14.3 Å². The van der Waals surface area contributed by atoms with E-state index in [4.69, 9.17) is 9.47 Å². The Morgan fingerprint density at radius 3 is 2.93 bits per heavy atom. The molecule has 1 atom stereocenters. The van der Waals surface area contributed by atoms with Crippen molar-refractivity contribution in [1.82, 2.24) is 4.98 Å². The molecule has 0 aliphatic carbocycles. The molecule has 80 valence electrons. The molecular formula is C11H13NO3. The van der Waals surface area contributed by atoms with Gasteiger partial charge in [0.1, 0.15) is 0 Å². The summed E-state index contributed by atoms with van der Waals surface area (Å²) >= 11 is 0. The third-order valence-electron chi connectivity index (χ3n) is 2.24. The van der Waals surface area contributed by atoms with Crippen LogP contribution in [-0.2, 0) is 15.3 Å². The molecule has 0 bridgehead atoms. The Balaban J connectivity index is 2.43. The van der Waals surface area contributed by atoms with Crippen LogP contribution >= 0.6 is 0 Å². The molecule has 4 nitrogen and oxygen atoms in total. The molecule has 0 aromatic carbocycles. The summed E-state index contributed by atoms with van der Waals surface area (Å²) in [5, 5.41) is 0. The highest BCUT2D eigenvalue weighted by Crippen LogP contribution is 2.36. The maximum atomic E-state index is 11.5. The fourth-order valence-corrected chi connectivity index (χ4v) is 1.75. The molecule has 0 spiro atoms. The average Bonchev–Trinajstić information content (AvgIpc) is 2.39. The minimum atomic E-state index is -0.991. The van der Waals surface area contributed by atoms with Crippen LogP contribution < -0.4 is 0 Å². The van der Waals surface area contributed by atoms with E-state index in [1.807, 2.05) is 13.8 Å². The Morgan fingerprint density at radius 2 is 2.27 bits per heavy atom. The van der Waals surface area contributed by atoms with Crippen molar-refractivity contribution in [3.63, 3.8) is 0 Å². The summed E-state index contributed by atoms with van der Waals surface area (Å²) in [7, 11) is 0. The number of hydrogen-bond donors (Lipinski definition) is 0. The molecule has 1 aliphatic heterocycles. The first-order valence-corrected chi connectivity index (χ1v) is 4.89. The van der Waals surface area contributed by atoms with E-state index >= 15 is 0 Å². The number of fused-ring (bicyclic) bond motifs is 1. The summed E-state index contributed by atoms with van der Waals surface area (Å²) < 4.78 is 10.8. The SMILES string of the molecule is CC(C)OC1(C)OC(=O)c2ncccc21. The molecule has 1 aromatic heterocycles. The number of rotatable bonds is 2. The number of ether oxygens (including phenoxy) is 2. The van der Waals surface area contributed by atoms with Crippen LogP contribution in [0, 0.1) is 0 Å². The number of carbonyl (C=O) groups excluding carboxylic acids is 1. The summed E-state index contributed by atoms with van der Waals surface area (Å²) in [6.45, 7) is 5.53. The Bertz CT molecular complexity index is 403. The number of hydrogen-bond acceptors (Lipinski definition) is 4. The van der Waals surface area contributed by atoms with Crippen molar-refractivity contribution in [2.45, 2.75) is 32.7 Å². The van der Waals surface area contributed by atoms with E-state index in [0.717, 1.165) is 0 Å². The Kier molecular flexibility index (Phi) is 2.23. The van der Waals surface area contributed by atoms with Crippen molar-refractivity contribution in [3.05, 3.63) is 29.6 Å². The van der Waals surface area contributed by atoms with Gasteiger partial charge < -0.3 is 9.47 Å². The van der Waals surface area contributed by atoms with Gasteiger partial charge in [-0.1, -0.05) is 0 Å². The Hall–Kier alpha value is -1.42. The van der Waals surface area contributed by atoms with Gasteiger partial charge in [-0.2, -0.15) is 0 Å². The molecule has 1 aliphatic rings. The second kappa shape index (κ2) is 3.31. The third-order valence-corrected chi connectivity index (χ3v) is 2.24. The second-order valence-corrected chi connectivity index (χ2v) is 3.90. The van der Waals surface area contributed by atoms with E-state index in [0.29, 0.717) is 11.3 Å². The molecule has 1 aromatic rings. The highest BCUT2D eigenvalue weighted by atomic mass is 16.7. The third kappa shape index (κ3) is 1.61. The van der Waals surface area contributed by atoms with Crippen LogP contribution in [0.15, 0.2) is 18.3 Å². The summed E-state index contributed by atoms with van der Waals surface area (Å²) in [5.74, 6) is -1.41. The minimum absolute atomic E-state index is 0.0195. The van der Waals surface area contributed by atoms with E-state index in [1.54, 1.807) is 25.3 Å². The number of esters is 1. The van der Waals surface area contributed by atoms with Gasteiger partial charge in [0.25, 0.3) is 0 Å². The quantitative estimate of drug-likeness (QED) is 0.694. The number of carbonyl (C=O) groups is 1. The van der Waals surface area contributed by atoms with Crippen molar-refractivity contribution >= 4 is 5.97 Å². The fourth-order valence-electron chi connectivity index (χ4n) is 1.75. The molecule has 0 N–H and O–H groups in total. The van der Waals surface area contributed by atoms with E-state index in [-0.39, 0.29) is 6.10 Å². The summed E-state index contributed by atoms with van der Waals surface area (Å²) in [6.07, 6.45) is 1.55. The first kappa shape index (κ1) is 10.1. The molecule has 4 heteroatoms. The van der Waals surface area contributed by atoms with Gasteiger partial charge in [0.2, 0.25) is 5.79 Å². The molecule has 0 fully saturated rings. The lowest BCUT2D eigenvalue weighted by Gasteiger charge is -2.26. The van der Waals surface area contributed by atoms with E-state index < -0.39 is 11.8 Å². The Labute approximate surface area is 88.2 Å². The smallest absolute Gasteiger partial charge is 0.360 e. The van der Waals surface area contributed by atoms with Crippen LogP contribution in [0.1, 0.15) is 36.8 Å². The molecule has 15 heavy (non-hydrogen) atoms. The topological polar surface area (TPSA) is 48.4 Å². The highest BCUT2D eigenvalue weighted by Gasteiger charge is 2.44. The number of aromatic nitrogens is 1. The standard InChI is InChI=1S/C11H13NO3/c1-7(2)14-11(3)8-5-4-6-12-9(8)10(13)15-11/h4-7H,1-3H3. The van der Waals surface area contributed by atoms with Gasteiger partial charge in [-0.25, -0.2) is 9.78 Å². The molecule has 0 saturated heterocycles. The molecule has 0 radical (unpaired) electrons. The van der Waals surface area contributed by atoms with Gasteiger partial charge in [-0.3, -0.25) is 0 Å². The van der Waals surface area contributed by atoms with Crippen molar-refractivity contribution in [2.75, 3.05) is 0 Å². The monoisotopic (exact) mass is 207 g/mol. The largest absolute Gasteiger partial charge is 0.424 e. The average molecular weight is 207 g/mol. The Morgan fingerprint density at radius 1 is 1.53 bits per heavy atom. The lowest BCUT2D eigenvalue weighted by atomic mass is 10.1. The van der Waals surface area contributed by atoms with Crippen LogP contribution in [0.5, 0.6) is 0 Å². The molecule has 0 saturated carbocycles. The minimum Gasteiger partial charge on any atom is -0.424 e. The molecule has 2 rings (SSSR count). The predicted octanol–water partition coefficient (Wildman–Crippen LogP) is 1.85. The van der Waals surface area contributed by atoms with Gasteiger partial charge >= 0.3 is 5.97 Å². The summed E-state index contributed by atoms with van der Waals surface area (Å²) in [5.41, 5.74) is 1.05. The van der Waals surface area contributed by atoms with Gasteiger partial charge in [0, 0.05) is 13.1 Å². The van der Waals surface area contributed by atoms with Gasteiger partial charge in [0.15, 0.2) is 5.69 Å². The first-order valence-electron chi connectivity index (χ1n) is 4.89. The zero-order chi connectivity index (χ0) is 11.1. The van der Waals surface area contributed by atoms with E-state index in [9.17, 15) is 4.79 Å². The van der Waals surface area contributed by atoms with E-state index in [1.165, 1.54) is 0 Å². The lowest BCUT2D eigenvalue weighted by Crippen LogP contribution is -2.29. The second-order valence-electron chi connectivity index (χ2n) is 3.90. The maximum absolute atomic E-state index is 11.5. The predicted molar refractivity (Wildman–Crippen MR) is 53.2 cm³/mol. The number of nitrogens with zero attached hydrogens (tertiary/aromatic N) is 1. The van der Waals surface area contributed by atoms with Gasteiger partial charge in [-0.05, 0) is 26.0 Å². The zero-order valence-electron chi connectivity index (χ0n) is 8.98. The van der Waals surface area contributed by atoms with Gasteiger partial charge in [-0.15, -0.1) is 0 Å². The van der Waals surface area contributed by atoms with Crippen molar-refractivity contribution in [3.8, 4) is 0 Å². The van der Waals surface area contributed by atoms with Crippen LogP contribution in [0.3, 0.4) is 0 Å². The van der Waals surface area contributed by atoms with Crippen LogP contribution in [0.2, 0.25) is 0 Å². The van der Waals surface area contributed by atoms with Gasteiger partial charge in [0.05, 0.1) is 11.7 Å². The van der Waals surface area contributed by atoms with E-state index in [2.05, 4.69) is 4.98 Å². The normalized spacial score (nSPS) is 24.1. The van der Waals surface area contributed by atoms with Crippen molar-refractivity contribution in [1.29, 1.82) is 0 Å². The number of cyclic esters (lactones) is 1. The lowest BCUT2D eigenvalue weighted by molar-refractivity contribution is -0.211. The van der Waals surface area contributed by atoms with Crippen LogP contribution in [0.25, 0.3) is 0 Å². The van der Waals surface area contributed by atoms with Crippen LogP contribution in [0.4, 0.5) is 0 Å². The zero-order valence-corrected chi connectivity index (χ0v) is 8.98. The summed E-state index contributed by atoms with van der Waals surface area (Å²) in [6, 6.07) is 3.57. The molecular weight excluding hydrogens is 194 g/mol. The molecule has 0 amide bonds.